The molecule has 2 N–H and O–H groups in total. The number of amides is 3. The molecular formula is C13H14N2O4. The van der Waals surface area contributed by atoms with Gasteiger partial charge in [-0.1, -0.05) is 6.07 Å². The second-order valence-electron chi connectivity index (χ2n) is 3.81. The Morgan fingerprint density at radius 1 is 1.21 bits per heavy atom. The van der Waals surface area contributed by atoms with Crippen LogP contribution in [0, 0.1) is 0 Å². The van der Waals surface area contributed by atoms with Crippen molar-refractivity contribution in [1.29, 1.82) is 0 Å². The van der Waals surface area contributed by atoms with Gasteiger partial charge in [0, 0.05) is 0 Å². The van der Waals surface area contributed by atoms with E-state index < -0.39 is 11.9 Å². The molecule has 1 aromatic rings. The highest BCUT2D eigenvalue weighted by Gasteiger charge is 2.22. The van der Waals surface area contributed by atoms with Gasteiger partial charge in [-0.25, -0.2) is 4.79 Å². The Hall–Kier alpha value is -2.50. The third kappa shape index (κ3) is 2.85. The third-order valence-corrected chi connectivity index (χ3v) is 2.52. The van der Waals surface area contributed by atoms with Crippen LogP contribution in [0.15, 0.2) is 23.9 Å². The van der Waals surface area contributed by atoms with Crippen molar-refractivity contribution in [3.05, 3.63) is 29.5 Å². The first kappa shape index (κ1) is 12.9. The van der Waals surface area contributed by atoms with Crippen molar-refractivity contribution in [3.63, 3.8) is 0 Å². The van der Waals surface area contributed by atoms with Crippen LogP contribution in [0.2, 0.25) is 0 Å². The summed E-state index contributed by atoms with van der Waals surface area (Å²) in [5, 5.41) is 4.56. The van der Waals surface area contributed by atoms with Crippen molar-refractivity contribution < 1.29 is 19.1 Å². The molecule has 0 atom stereocenters. The van der Waals surface area contributed by atoms with Gasteiger partial charge in [0.2, 0.25) is 0 Å². The van der Waals surface area contributed by atoms with Gasteiger partial charge in [-0.05, 0) is 30.7 Å². The van der Waals surface area contributed by atoms with Gasteiger partial charge in [0.15, 0.2) is 11.5 Å². The molecular weight excluding hydrogens is 248 g/mol. The number of carbonyl (C=O) groups is 2. The molecule has 0 saturated carbocycles. The van der Waals surface area contributed by atoms with Crippen LogP contribution in [0.5, 0.6) is 11.5 Å². The fourth-order valence-corrected chi connectivity index (χ4v) is 1.70. The van der Waals surface area contributed by atoms with Crippen molar-refractivity contribution in [2.24, 2.45) is 0 Å². The molecule has 19 heavy (non-hydrogen) atoms. The van der Waals surface area contributed by atoms with Crippen molar-refractivity contribution in [2.45, 2.75) is 6.92 Å². The SMILES string of the molecule is CCOc1cc(/C=C2/NC(=O)NC2=O)ccc1OC. The Kier molecular flexibility index (Phi) is 3.70. The summed E-state index contributed by atoms with van der Waals surface area (Å²) in [4.78, 5) is 22.4. The summed E-state index contributed by atoms with van der Waals surface area (Å²) in [5.41, 5.74) is 0.939. The molecule has 0 spiro atoms. The molecule has 6 nitrogen and oxygen atoms in total. The smallest absolute Gasteiger partial charge is 0.326 e. The maximum Gasteiger partial charge on any atom is 0.326 e. The molecule has 0 unspecified atom stereocenters. The lowest BCUT2D eigenvalue weighted by Crippen LogP contribution is -2.22. The lowest BCUT2D eigenvalue weighted by molar-refractivity contribution is -0.115. The van der Waals surface area contributed by atoms with Gasteiger partial charge in [0.05, 0.1) is 13.7 Å². The fraction of sp³-hybridized carbons (Fsp3) is 0.231. The van der Waals surface area contributed by atoms with Gasteiger partial charge >= 0.3 is 6.03 Å². The Morgan fingerprint density at radius 2 is 2.00 bits per heavy atom. The van der Waals surface area contributed by atoms with E-state index in [0.29, 0.717) is 18.1 Å². The van der Waals surface area contributed by atoms with E-state index in [9.17, 15) is 9.59 Å². The summed E-state index contributed by atoms with van der Waals surface area (Å²) < 4.78 is 10.6. The Balaban J connectivity index is 2.31. The second-order valence-corrected chi connectivity index (χ2v) is 3.81. The van der Waals surface area contributed by atoms with Crippen molar-refractivity contribution in [3.8, 4) is 11.5 Å². The number of carbonyl (C=O) groups excluding carboxylic acids is 2. The van der Waals surface area contributed by atoms with E-state index in [1.807, 2.05) is 6.92 Å². The summed E-state index contributed by atoms with van der Waals surface area (Å²) in [5.74, 6) is 0.756. The molecule has 2 rings (SSSR count). The van der Waals surface area contributed by atoms with Crippen molar-refractivity contribution in [2.75, 3.05) is 13.7 Å². The van der Waals surface area contributed by atoms with Gasteiger partial charge in [-0.15, -0.1) is 0 Å². The van der Waals surface area contributed by atoms with E-state index in [-0.39, 0.29) is 5.70 Å². The second kappa shape index (κ2) is 5.43. The fourth-order valence-electron chi connectivity index (χ4n) is 1.70. The van der Waals surface area contributed by atoms with Crippen LogP contribution >= 0.6 is 0 Å². The van der Waals surface area contributed by atoms with Crippen LogP contribution < -0.4 is 20.1 Å². The number of rotatable bonds is 4. The van der Waals surface area contributed by atoms with E-state index in [2.05, 4.69) is 10.6 Å². The molecule has 0 bridgehead atoms. The number of imide groups is 1. The topological polar surface area (TPSA) is 76.7 Å². The molecule has 100 valence electrons. The molecule has 1 aliphatic heterocycles. The van der Waals surface area contributed by atoms with Crippen LogP contribution in [-0.4, -0.2) is 25.7 Å². The van der Waals surface area contributed by atoms with Gasteiger partial charge in [0.1, 0.15) is 5.70 Å². The average Bonchev–Trinajstić information content (AvgIpc) is 2.69. The molecule has 1 heterocycles. The molecule has 6 heteroatoms. The molecule has 0 aromatic heterocycles. The Labute approximate surface area is 110 Å². The summed E-state index contributed by atoms with van der Waals surface area (Å²) in [6.07, 6.45) is 1.57. The van der Waals surface area contributed by atoms with Crippen LogP contribution in [0.25, 0.3) is 6.08 Å². The monoisotopic (exact) mass is 262 g/mol. The average molecular weight is 262 g/mol. The van der Waals surface area contributed by atoms with Crippen molar-refractivity contribution in [1.82, 2.24) is 10.6 Å². The Bertz CT molecular complexity index is 552. The first-order valence-corrected chi connectivity index (χ1v) is 5.79. The van der Waals surface area contributed by atoms with Crippen LogP contribution in [0.3, 0.4) is 0 Å². The summed E-state index contributed by atoms with van der Waals surface area (Å²) in [7, 11) is 1.56. The molecule has 1 aliphatic rings. The molecule has 1 saturated heterocycles. The van der Waals surface area contributed by atoms with Crippen LogP contribution in [0.1, 0.15) is 12.5 Å². The van der Waals surface area contributed by atoms with Gasteiger partial charge in [-0.3, -0.25) is 10.1 Å². The number of benzene rings is 1. The lowest BCUT2D eigenvalue weighted by atomic mass is 10.1. The minimum absolute atomic E-state index is 0.206. The maximum absolute atomic E-state index is 11.4. The standard InChI is InChI=1S/C13H14N2O4/c1-3-19-11-7-8(4-5-10(11)18-2)6-9-12(16)15-13(17)14-9/h4-7H,3H2,1-2H3,(H2,14,15,16,17)/b9-6+. The molecule has 1 aromatic carbocycles. The number of urea groups is 1. The van der Waals surface area contributed by atoms with Crippen LogP contribution in [-0.2, 0) is 4.79 Å². The van der Waals surface area contributed by atoms with Gasteiger partial charge in [0.25, 0.3) is 5.91 Å². The maximum atomic E-state index is 11.4. The minimum Gasteiger partial charge on any atom is -0.493 e. The summed E-state index contributed by atoms with van der Waals surface area (Å²) >= 11 is 0. The number of methoxy groups -OCH3 is 1. The van der Waals surface area contributed by atoms with E-state index in [1.54, 1.807) is 31.4 Å². The number of nitrogens with one attached hydrogen (secondary N) is 2. The zero-order valence-corrected chi connectivity index (χ0v) is 10.6. The van der Waals surface area contributed by atoms with Crippen molar-refractivity contribution >= 4 is 18.0 Å². The van der Waals surface area contributed by atoms with E-state index in [4.69, 9.17) is 9.47 Å². The molecule has 0 aliphatic carbocycles. The first-order valence-electron chi connectivity index (χ1n) is 5.79. The highest BCUT2D eigenvalue weighted by molar-refractivity contribution is 6.13. The Morgan fingerprint density at radius 3 is 2.58 bits per heavy atom. The van der Waals surface area contributed by atoms with E-state index >= 15 is 0 Å². The van der Waals surface area contributed by atoms with Crippen LogP contribution in [0.4, 0.5) is 4.79 Å². The molecule has 0 radical (unpaired) electrons. The summed E-state index contributed by atoms with van der Waals surface area (Å²) in [6, 6.07) is 4.74. The zero-order valence-electron chi connectivity index (χ0n) is 10.6. The first-order chi connectivity index (χ1) is 9.13. The number of hydrogen-bond donors (Lipinski definition) is 2. The number of hydrogen-bond acceptors (Lipinski definition) is 4. The zero-order chi connectivity index (χ0) is 13.8. The largest absolute Gasteiger partial charge is 0.493 e. The highest BCUT2D eigenvalue weighted by Crippen LogP contribution is 2.28. The normalized spacial score (nSPS) is 16.2. The summed E-state index contributed by atoms with van der Waals surface area (Å²) in [6.45, 7) is 2.38. The van der Waals surface area contributed by atoms with Gasteiger partial charge < -0.3 is 14.8 Å². The van der Waals surface area contributed by atoms with E-state index in [0.717, 1.165) is 5.56 Å². The quantitative estimate of drug-likeness (QED) is 0.633. The van der Waals surface area contributed by atoms with Gasteiger partial charge in [-0.2, -0.15) is 0 Å². The van der Waals surface area contributed by atoms with E-state index in [1.165, 1.54) is 0 Å². The predicted octanol–water partition coefficient (Wildman–Crippen LogP) is 1.27. The third-order valence-electron chi connectivity index (χ3n) is 2.52. The number of ether oxygens (including phenoxy) is 2. The minimum atomic E-state index is -0.519. The highest BCUT2D eigenvalue weighted by atomic mass is 16.5. The molecule has 1 fully saturated rings. The molecule has 3 amide bonds. The predicted molar refractivity (Wildman–Crippen MR) is 68.8 cm³/mol. The lowest BCUT2D eigenvalue weighted by Gasteiger charge is -2.09.